The van der Waals surface area contributed by atoms with Crippen LogP contribution in [-0.2, 0) is 11.8 Å². The highest BCUT2D eigenvalue weighted by molar-refractivity contribution is 6.29. The average Bonchev–Trinajstić information content (AvgIpc) is 2.53. The van der Waals surface area contributed by atoms with Gasteiger partial charge in [0.05, 0.1) is 24.1 Å². The molecule has 23 heavy (non-hydrogen) atoms. The van der Waals surface area contributed by atoms with Crippen LogP contribution in [0, 0.1) is 0 Å². The van der Waals surface area contributed by atoms with Crippen molar-refractivity contribution in [2.45, 2.75) is 0 Å². The molecule has 0 unspecified atom stereocenters. The zero-order valence-corrected chi connectivity index (χ0v) is 13.5. The fourth-order valence-corrected chi connectivity index (χ4v) is 1.90. The van der Waals surface area contributed by atoms with Crippen molar-refractivity contribution in [1.82, 2.24) is 9.55 Å². The fourth-order valence-electron chi connectivity index (χ4n) is 1.79. The number of halogens is 1. The van der Waals surface area contributed by atoms with Gasteiger partial charge in [-0.05, 0) is 12.1 Å². The number of rotatable bonds is 6. The predicted octanol–water partition coefficient (Wildman–Crippen LogP) is 1.71. The Morgan fingerprint density at radius 2 is 2.17 bits per heavy atom. The molecule has 0 aliphatic heterocycles. The number of hydrogen-bond acceptors (Lipinski definition) is 5. The molecule has 0 spiro atoms. The number of nitrogens with one attached hydrogen (secondary N) is 1. The summed E-state index contributed by atoms with van der Waals surface area (Å²) in [6.07, 6.45) is 2.86. The van der Waals surface area contributed by atoms with E-state index in [0.29, 0.717) is 17.4 Å². The van der Waals surface area contributed by atoms with Gasteiger partial charge in [-0.25, -0.2) is 4.98 Å². The standard InChI is InChI=1S/C15H16ClN3O4/c1-19-9-11(12(7-14(19)20)23-6-5-22-2)15(21)18-10-3-4-13(16)17-8-10/h3-4,7-9H,5-6H2,1-2H3,(H,18,21). The molecular weight excluding hydrogens is 322 g/mol. The first kappa shape index (κ1) is 17.0. The fraction of sp³-hybridized carbons (Fsp3) is 0.267. The number of nitrogens with zero attached hydrogens (tertiary/aromatic N) is 2. The third-order valence-corrected chi connectivity index (χ3v) is 3.19. The van der Waals surface area contributed by atoms with E-state index >= 15 is 0 Å². The number of aryl methyl sites for hydroxylation is 1. The van der Waals surface area contributed by atoms with E-state index in [9.17, 15) is 9.59 Å². The van der Waals surface area contributed by atoms with E-state index in [2.05, 4.69) is 10.3 Å². The lowest BCUT2D eigenvalue weighted by atomic mass is 10.2. The van der Waals surface area contributed by atoms with Crippen molar-refractivity contribution in [2.75, 3.05) is 25.6 Å². The Hall–Kier alpha value is -2.38. The molecule has 1 amide bonds. The second-order valence-corrected chi connectivity index (χ2v) is 5.05. The second kappa shape index (κ2) is 7.75. The Labute approximate surface area is 137 Å². The summed E-state index contributed by atoms with van der Waals surface area (Å²) in [6, 6.07) is 4.46. The molecule has 2 rings (SSSR count). The van der Waals surface area contributed by atoms with Crippen molar-refractivity contribution in [3.05, 3.63) is 51.7 Å². The molecule has 0 atom stereocenters. The molecule has 0 aliphatic rings. The van der Waals surface area contributed by atoms with E-state index in [1.54, 1.807) is 19.2 Å². The number of carbonyl (C=O) groups excluding carboxylic acids is 1. The molecule has 8 heteroatoms. The summed E-state index contributed by atoms with van der Waals surface area (Å²) in [5, 5.41) is 3.00. The Balaban J connectivity index is 2.24. The first-order valence-electron chi connectivity index (χ1n) is 6.76. The Kier molecular flexibility index (Phi) is 5.72. The number of aromatic nitrogens is 2. The summed E-state index contributed by atoms with van der Waals surface area (Å²) in [4.78, 5) is 28.0. The smallest absolute Gasteiger partial charge is 0.260 e. The van der Waals surface area contributed by atoms with Crippen LogP contribution >= 0.6 is 11.6 Å². The van der Waals surface area contributed by atoms with Crippen LogP contribution in [0.15, 0.2) is 35.4 Å². The third-order valence-electron chi connectivity index (χ3n) is 2.97. The van der Waals surface area contributed by atoms with E-state index in [4.69, 9.17) is 21.1 Å². The normalized spacial score (nSPS) is 10.4. The van der Waals surface area contributed by atoms with Crippen LogP contribution in [-0.4, -0.2) is 35.8 Å². The minimum atomic E-state index is -0.419. The van der Waals surface area contributed by atoms with Gasteiger partial charge >= 0.3 is 0 Å². The maximum atomic E-state index is 12.4. The molecule has 0 fully saturated rings. The molecule has 2 aromatic heterocycles. The van der Waals surface area contributed by atoms with Gasteiger partial charge in [0.15, 0.2) is 0 Å². The second-order valence-electron chi connectivity index (χ2n) is 4.67. The first-order valence-corrected chi connectivity index (χ1v) is 7.14. The molecule has 2 heterocycles. The molecular formula is C15H16ClN3O4. The number of pyridine rings is 2. The lowest BCUT2D eigenvalue weighted by molar-refractivity contribution is 0.101. The minimum absolute atomic E-state index is 0.199. The van der Waals surface area contributed by atoms with Gasteiger partial charge in [0.1, 0.15) is 17.5 Å². The van der Waals surface area contributed by atoms with E-state index < -0.39 is 5.91 Å². The molecule has 0 aliphatic carbocycles. The maximum Gasteiger partial charge on any atom is 0.260 e. The molecule has 122 valence electrons. The number of hydrogen-bond donors (Lipinski definition) is 1. The molecule has 0 bridgehead atoms. The van der Waals surface area contributed by atoms with Crippen molar-refractivity contribution in [3.8, 4) is 5.75 Å². The van der Waals surface area contributed by atoms with Crippen molar-refractivity contribution >= 4 is 23.2 Å². The van der Waals surface area contributed by atoms with Gasteiger partial charge < -0.3 is 19.4 Å². The maximum absolute atomic E-state index is 12.4. The van der Waals surface area contributed by atoms with Crippen molar-refractivity contribution in [2.24, 2.45) is 7.05 Å². The van der Waals surface area contributed by atoms with E-state index in [-0.39, 0.29) is 23.5 Å². The van der Waals surface area contributed by atoms with Gasteiger partial charge in [-0.2, -0.15) is 0 Å². The molecule has 0 saturated heterocycles. The van der Waals surface area contributed by atoms with Gasteiger partial charge in [0.2, 0.25) is 0 Å². The van der Waals surface area contributed by atoms with E-state index in [1.165, 1.54) is 30.1 Å². The number of carbonyl (C=O) groups is 1. The van der Waals surface area contributed by atoms with Gasteiger partial charge in [-0.1, -0.05) is 11.6 Å². The summed E-state index contributed by atoms with van der Waals surface area (Å²) in [6.45, 7) is 0.573. The lowest BCUT2D eigenvalue weighted by Gasteiger charge is -2.12. The zero-order chi connectivity index (χ0) is 16.8. The summed E-state index contributed by atoms with van der Waals surface area (Å²) in [7, 11) is 3.09. The van der Waals surface area contributed by atoms with Crippen LogP contribution in [0.4, 0.5) is 5.69 Å². The number of methoxy groups -OCH3 is 1. The monoisotopic (exact) mass is 337 g/mol. The molecule has 2 aromatic rings. The van der Waals surface area contributed by atoms with Crippen LogP contribution in [0.5, 0.6) is 5.75 Å². The Morgan fingerprint density at radius 3 is 2.83 bits per heavy atom. The molecule has 0 saturated carbocycles. The van der Waals surface area contributed by atoms with Crippen LogP contribution in [0.25, 0.3) is 0 Å². The van der Waals surface area contributed by atoms with E-state index in [0.717, 1.165) is 0 Å². The van der Waals surface area contributed by atoms with Gasteiger partial charge in [-0.15, -0.1) is 0 Å². The summed E-state index contributed by atoms with van der Waals surface area (Å²) in [5.74, 6) is -0.221. The summed E-state index contributed by atoms with van der Waals surface area (Å²) in [5.41, 5.74) is 0.441. The summed E-state index contributed by atoms with van der Waals surface area (Å²) >= 11 is 5.71. The van der Waals surface area contributed by atoms with Crippen molar-refractivity contribution in [1.29, 1.82) is 0 Å². The van der Waals surface area contributed by atoms with Gasteiger partial charge in [0, 0.05) is 26.4 Å². The van der Waals surface area contributed by atoms with Crippen molar-refractivity contribution < 1.29 is 14.3 Å². The van der Waals surface area contributed by atoms with E-state index in [1.807, 2.05) is 0 Å². The highest BCUT2D eigenvalue weighted by Crippen LogP contribution is 2.18. The Bertz CT molecular complexity index is 743. The molecule has 0 radical (unpaired) electrons. The van der Waals surface area contributed by atoms with Crippen LogP contribution in [0.2, 0.25) is 5.15 Å². The number of amides is 1. The lowest BCUT2D eigenvalue weighted by Crippen LogP contribution is -2.22. The number of anilines is 1. The quantitative estimate of drug-likeness (QED) is 0.641. The zero-order valence-electron chi connectivity index (χ0n) is 12.7. The summed E-state index contributed by atoms with van der Waals surface area (Å²) < 4.78 is 11.7. The van der Waals surface area contributed by atoms with Gasteiger partial charge in [-0.3, -0.25) is 9.59 Å². The topological polar surface area (TPSA) is 82.5 Å². The minimum Gasteiger partial charge on any atom is -0.490 e. The van der Waals surface area contributed by atoms with Crippen molar-refractivity contribution in [3.63, 3.8) is 0 Å². The Morgan fingerprint density at radius 1 is 1.39 bits per heavy atom. The van der Waals surface area contributed by atoms with Crippen LogP contribution in [0.1, 0.15) is 10.4 Å². The average molecular weight is 338 g/mol. The SMILES string of the molecule is COCCOc1cc(=O)n(C)cc1C(=O)Nc1ccc(Cl)nc1. The molecule has 7 nitrogen and oxygen atoms in total. The van der Waals surface area contributed by atoms with Gasteiger partial charge in [0.25, 0.3) is 11.5 Å². The predicted molar refractivity (Wildman–Crippen MR) is 86.3 cm³/mol. The number of ether oxygens (including phenoxy) is 2. The molecule has 1 N–H and O–H groups in total. The van der Waals surface area contributed by atoms with Crippen LogP contribution in [0.3, 0.4) is 0 Å². The highest BCUT2D eigenvalue weighted by atomic mass is 35.5. The highest BCUT2D eigenvalue weighted by Gasteiger charge is 2.15. The molecule has 0 aromatic carbocycles. The van der Waals surface area contributed by atoms with Crippen LogP contribution < -0.4 is 15.6 Å². The third kappa shape index (κ3) is 4.54. The first-order chi connectivity index (χ1) is 11.0. The largest absolute Gasteiger partial charge is 0.490 e.